The lowest BCUT2D eigenvalue weighted by molar-refractivity contribution is 0.451. The highest BCUT2D eigenvalue weighted by Crippen LogP contribution is 2.25. The number of hydrogen-bond acceptors (Lipinski definition) is 3. The standard InChI is InChI=1S/C15H16N4/c16-8-12-3-5-14(6-4-12)19-11-18-10-15(19)13-2-1-7-17-9-13/h3-6,10-11,13,17H,1-2,7,9H2. The summed E-state index contributed by atoms with van der Waals surface area (Å²) in [4.78, 5) is 4.29. The first-order valence-corrected chi connectivity index (χ1v) is 6.62. The van der Waals surface area contributed by atoms with Crippen LogP contribution >= 0.6 is 0 Å². The molecule has 1 aromatic heterocycles. The van der Waals surface area contributed by atoms with Gasteiger partial charge in [0.05, 0.1) is 18.0 Å². The quantitative estimate of drug-likeness (QED) is 0.891. The Bertz CT molecular complexity index is 585. The molecule has 0 saturated carbocycles. The minimum Gasteiger partial charge on any atom is -0.316 e. The van der Waals surface area contributed by atoms with Crippen molar-refractivity contribution in [2.24, 2.45) is 0 Å². The molecule has 4 heteroatoms. The summed E-state index contributed by atoms with van der Waals surface area (Å²) < 4.78 is 2.12. The summed E-state index contributed by atoms with van der Waals surface area (Å²) in [6.07, 6.45) is 6.22. The number of hydrogen-bond donors (Lipinski definition) is 1. The second-order valence-electron chi connectivity index (χ2n) is 4.89. The minimum absolute atomic E-state index is 0.520. The van der Waals surface area contributed by atoms with Gasteiger partial charge in [-0.05, 0) is 43.7 Å². The molecular formula is C15H16N4. The number of piperidine rings is 1. The van der Waals surface area contributed by atoms with Gasteiger partial charge in [-0.2, -0.15) is 5.26 Å². The monoisotopic (exact) mass is 252 g/mol. The van der Waals surface area contributed by atoms with E-state index in [2.05, 4.69) is 20.9 Å². The molecule has 2 aromatic rings. The largest absolute Gasteiger partial charge is 0.316 e. The summed E-state index contributed by atoms with van der Waals surface area (Å²) >= 11 is 0. The van der Waals surface area contributed by atoms with Crippen molar-refractivity contribution < 1.29 is 0 Å². The third-order valence-electron chi connectivity index (χ3n) is 3.66. The maximum absolute atomic E-state index is 8.84. The van der Waals surface area contributed by atoms with Gasteiger partial charge in [0.15, 0.2) is 0 Å². The molecule has 1 fully saturated rings. The van der Waals surface area contributed by atoms with E-state index in [4.69, 9.17) is 5.26 Å². The Hall–Kier alpha value is -2.12. The van der Waals surface area contributed by atoms with Crippen molar-refractivity contribution in [1.82, 2.24) is 14.9 Å². The lowest BCUT2D eigenvalue weighted by Gasteiger charge is -2.23. The van der Waals surface area contributed by atoms with E-state index in [1.807, 2.05) is 36.8 Å². The van der Waals surface area contributed by atoms with E-state index in [-0.39, 0.29) is 0 Å². The number of benzene rings is 1. The van der Waals surface area contributed by atoms with Crippen LogP contribution in [0.15, 0.2) is 36.8 Å². The molecule has 0 radical (unpaired) electrons. The lowest BCUT2D eigenvalue weighted by atomic mass is 9.96. The van der Waals surface area contributed by atoms with E-state index in [1.54, 1.807) is 0 Å². The lowest BCUT2D eigenvalue weighted by Crippen LogP contribution is -2.29. The van der Waals surface area contributed by atoms with Gasteiger partial charge in [-0.1, -0.05) is 0 Å². The van der Waals surface area contributed by atoms with E-state index in [9.17, 15) is 0 Å². The van der Waals surface area contributed by atoms with Gasteiger partial charge in [-0.25, -0.2) is 4.98 Å². The van der Waals surface area contributed by atoms with Crippen molar-refractivity contribution in [2.75, 3.05) is 13.1 Å². The first-order chi connectivity index (χ1) is 9.38. The van der Waals surface area contributed by atoms with Gasteiger partial charge in [-0.3, -0.25) is 0 Å². The van der Waals surface area contributed by atoms with E-state index >= 15 is 0 Å². The van der Waals surface area contributed by atoms with E-state index < -0.39 is 0 Å². The molecule has 4 nitrogen and oxygen atoms in total. The molecule has 1 unspecified atom stereocenters. The summed E-state index contributed by atoms with van der Waals surface area (Å²) in [5, 5.41) is 12.3. The van der Waals surface area contributed by atoms with E-state index in [0.29, 0.717) is 11.5 Å². The van der Waals surface area contributed by atoms with Gasteiger partial charge in [0.2, 0.25) is 0 Å². The number of nitriles is 1. The van der Waals surface area contributed by atoms with E-state index in [0.717, 1.165) is 18.8 Å². The third kappa shape index (κ3) is 2.38. The Morgan fingerprint density at radius 3 is 2.84 bits per heavy atom. The van der Waals surface area contributed by atoms with Crippen LogP contribution in [0.2, 0.25) is 0 Å². The minimum atomic E-state index is 0.520. The van der Waals surface area contributed by atoms with Crippen LogP contribution in [0.3, 0.4) is 0 Å². The summed E-state index contributed by atoms with van der Waals surface area (Å²) in [5.41, 5.74) is 3.00. The average molecular weight is 252 g/mol. The van der Waals surface area contributed by atoms with Crippen LogP contribution in [-0.2, 0) is 0 Å². The number of nitrogens with zero attached hydrogens (tertiary/aromatic N) is 3. The van der Waals surface area contributed by atoms with Gasteiger partial charge in [-0.15, -0.1) is 0 Å². The Morgan fingerprint density at radius 2 is 2.16 bits per heavy atom. The second-order valence-corrected chi connectivity index (χ2v) is 4.89. The van der Waals surface area contributed by atoms with Crippen LogP contribution in [-0.4, -0.2) is 22.6 Å². The van der Waals surface area contributed by atoms with Crippen LogP contribution in [0.25, 0.3) is 5.69 Å². The third-order valence-corrected chi connectivity index (χ3v) is 3.66. The number of nitrogens with one attached hydrogen (secondary N) is 1. The summed E-state index contributed by atoms with van der Waals surface area (Å²) in [6.45, 7) is 2.13. The molecule has 3 rings (SSSR count). The molecule has 2 heterocycles. The molecule has 0 aliphatic carbocycles. The topological polar surface area (TPSA) is 53.6 Å². The first kappa shape index (κ1) is 11.9. The van der Waals surface area contributed by atoms with Gasteiger partial charge in [0.25, 0.3) is 0 Å². The fraction of sp³-hybridized carbons (Fsp3) is 0.333. The highest BCUT2D eigenvalue weighted by molar-refractivity contribution is 5.40. The molecule has 0 bridgehead atoms. The van der Waals surface area contributed by atoms with Gasteiger partial charge >= 0.3 is 0 Å². The molecule has 1 aliphatic rings. The van der Waals surface area contributed by atoms with Crippen molar-refractivity contribution in [2.45, 2.75) is 18.8 Å². The molecule has 1 aliphatic heterocycles. The zero-order chi connectivity index (χ0) is 13.1. The summed E-state index contributed by atoms with van der Waals surface area (Å²) in [7, 11) is 0. The fourth-order valence-electron chi connectivity index (χ4n) is 2.62. The molecule has 0 spiro atoms. The molecule has 1 atom stereocenters. The molecule has 19 heavy (non-hydrogen) atoms. The normalized spacial score (nSPS) is 19.0. The Labute approximate surface area is 112 Å². The SMILES string of the molecule is N#Cc1ccc(-n2cncc2C2CCCNC2)cc1. The maximum Gasteiger partial charge on any atom is 0.0994 e. The second kappa shape index (κ2) is 5.25. The van der Waals surface area contributed by atoms with Crippen LogP contribution in [0.4, 0.5) is 0 Å². The Kier molecular flexibility index (Phi) is 3.30. The zero-order valence-electron chi connectivity index (χ0n) is 10.7. The highest BCUT2D eigenvalue weighted by atomic mass is 15.1. The van der Waals surface area contributed by atoms with Crippen molar-refractivity contribution in [3.05, 3.63) is 48.0 Å². The fourth-order valence-corrected chi connectivity index (χ4v) is 2.62. The number of imidazole rings is 1. The van der Waals surface area contributed by atoms with Crippen molar-refractivity contribution >= 4 is 0 Å². The van der Waals surface area contributed by atoms with Crippen LogP contribution in [0.5, 0.6) is 0 Å². The van der Waals surface area contributed by atoms with Crippen LogP contribution < -0.4 is 5.32 Å². The predicted octanol–water partition coefficient (Wildman–Crippen LogP) is 2.21. The van der Waals surface area contributed by atoms with Crippen LogP contribution in [0.1, 0.15) is 30.0 Å². The zero-order valence-corrected chi connectivity index (χ0v) is 10.7. The maximum atomic E-state index is 8.84. The number of rotatable bonds is 2. The van der Waals surface area contributed by atoms with Gasteiger partial charge in [0.1, 0.15) is 0 Å². The molecule has 0 amide bonds. The molecule has 1 saturated heterocycles. The molecule has 96 valence electrons. The summed E-state index contributed by atoms with van der Waals surface area (Å²) in [6, 6.07) is 9.78. The predicted molar refractivity (Wildman–Crippen MR) is 73.1 cm³/mol. The Balaban J connectivity index is 1.92. The van der Waals surface area contributed by atoms with Gasteiger partial charge in [0, 0.05) is 30.0 Å². The van der Waals surface area contributed by atoms with Crippen molar-refractivity contribution in [3.8, 4) is 11.8 Å². The van der Waals surface area contributed by atoms with Gasteiger partial charge < -0.3 is 9.88 Å². The van der Waals surface area contributed by atoms with Crippen LogP contribution in [0, 0.1) is 11.3 Å². The Morgan fingerprint density at radius 1 is 1.32 bits per heavy atom. The molecule has 1 aromatic carbocycles. The van der Waals surface area contributed by atoms with Crippen molar-refractivity contribution in [1.29, 1.82) is 5.26 Å². The number of aromatic nitrogens is 2. The summed E-state index contributed by atoms with van der Waals surface area (Å²) in [5.74, 6) is 0.520. The average Bonchev–Trinajstić information content (AvgIpc) is 2.98. The first-order valence-electron chi connectivity index (χ1n) is 6.62. The van der Waals surface area contributed by atoms with Crippen molar-refractivity contribution in [3.63, 3.8) is 0 Å². The smallest absolute Gasteiger partial charge is 0.0994 e. The van der Waals surface area contributed by atoms with E-state index in [1.165, 1.54) is 18.5 Å². The molecule has 1 N–H and O–H groups in total. The highest BCUT2D eigenvalue weighted by Gasteiger charge is 2.19. The molecular weight excluding hydrogens is 236 g/mol.